The van der Waals surface area contributed by atoms with Crippen LogP contribution in [-0.2, 0) is 0 Å². The number of rotatable bonds is 3. The first-order valence-corrected chi connectivity index (χ1v) is 7.60. The predicted molar refractivity (Wildman–Crippen MR) is 86.4 cm³/mol. The van der Waals surface area contributed by atoms with E-state index in [4.69, 9.17) is 0 Å². The standard InChI is InChI=1S/C19H21NO/c1-19(11-13-20-14-12-19)18(21)17-9-7-16(8-10-17)15-5-3-2-4-6-15/h2-10,20H,11-14H2,1H3. The van der Waals surface area contributed by atoms with Crippen molar-refractivity contribution in [3.05, 3.63) is 60.2 Å². The fourth-order valence-electron chi connectivity index (χ4n) is 3.00. The number of Topliss-reactive ketones (excluding diaryl/α,β-unsaturated/α-hetero) is 1. The highest BCUT2D eigenvalue weighted by atomic mass is 16.1. The second-order valence-electron chi connectivity index (χ2n) is 6.08. The number of ketones is 1. The Morgan fingerprint density at radius 2 is 1.48 bits per heavy atom. The van der Waals surface area contributed by atoms with Crippen LogP contribution in [0.1, 0.15) is 30.1 Å². The van der Waals surface area contributed by atoms with Crippen molar-refractivity contribution in [2.45, 2.75) is 19.8 Å². The third kappa shape index (κ3) is 2.91. The second kappa shape index (κ2) is 5.82. The Labute approximate surface area is 126 Å². The summed E-state index contributed by atoms with van der Waals surface area (Å²) in [5.41, 5.74) is 2.96. The van der Waals surface area contributed by atoms with Crippen molar-refractivity contribution < 1.29 is 4.79 Å². The topological polar surface area (TPSA) is 29.1 Å². The van der Waals surface area contributed by atoms with Crippen LogP contribution in [0.5, 0.6) is 0 Å². The van der Waals surface area contributed by atoms with E-state index in [1.54, 1.807) is 0 Å². The van der Waals surface area contributed by atoms with E-state index in [1.165, 1.54) is 5.56 Å². The summed E-state index contributed by atoms with van der Waals surface area (Å²) >= 11 is 0. The summed E-state index contributed by atoms with van der Waals surface area (Å²) in [6.07, 6.45) is 1.85. The monoisotopic (exact) mass is 279 g/mol. The maximum absolute atomic E-state index is 12.7. The van der Waals surface area contributed by atoms with E-state index in [1.807, 2.05) is 42.5 Å². The summed E-state index contributed by atoms with van der Waals surface area (Å²) in [4.78, 5) is 12.7. The lowest BCUT2D eigenvalue weighted by molar-refractivity contribution is 0.0762. The Morgan fingerprint density at radius 3 is 2.10 bits per heavy atom. The van der Waals surface area contributed by atoms with Crippen molar-refractivity contribution in [1.29, 1.82) is 0 Å². The minimum atomic E-state index is -0.209. The highest BCUT2D eigenvalue weighted by Crippen LogP contribution is 2.32. The zero-order chi connectivity index (χ0) is 14.7. The Balaban J connectivity index is 1.82. The van der Waals surface area contributed by atoms with Gasteiger partial charge in [-0.05, 0) is 37.1 Å². The third-order valence-corrected chi connectivity index (χ3v) is 4.51. The first-order valence-electron chi connectivity index (χ1n) is 7.60. The number of nitrogens with one attached hydrogen (secondary N) is 1. The molecule has 0 spiro atoms. The smallest absolute Gasteiger partial charge is 0.168 e. The number of hydrogen-bond acceptors (Lipinski definition) is 2. The Bertz CT molecular complexity index is 610. The van der Waals surface area contributed by atoms with Gasteiger partial charge in [-0.25, -0.2) is 0 Å². The molecular weight excluding hydrogens is 258 g/mol. The molecule has 2 aromatic carbocycles. The van der Waals surface area contributed by atoms with Crippen molar-refractivity contribution in [3.8, 4) is 11.1 Å². The number of carbonyl (C=O) groups excluding carboxylic acids is 1. The van der Waals surface area contributed by atoms with Gasteiger partial charge in [-0.3, -0.25) is 4.79 Å². The average Bonchev–Trinajstić information content (AvgIpc) is 2.56. The van der Waals surface area contributed by atoms with Crippen molar-refractivity contribution >= 4 is 5.78 Å². The molecule has 1 aliphatic rings. The van der Waals surface area contributed by atoms with Crippen LogP contribution in [0.4, 0.5) is 0 Å². The van der Waals surface area contributed by atoms with Gasteiger partial charge >= 0.3 is 0 Å². The molecule has 0 radical (unpaired) electrons. The summed E-state index contributed by atoms with van der Waals surface area (Å²) in [6.45, 7) is 3.97. The van der Waals surface area contributed by atoms with E-state index in [0.29, 0.717) is 0 Å². The first kappa shape index (κ1) is 14.0. The molecule has 0 atom stereocenters. The third-order valence-electron chi connectivity index (χ3n) is 4.51. The molecule has 21 heavy (non-hydrogen) atoms. The average molecular weight is 279 g/mol. The quantitative estimate of drug-likeness (QED) is 0.863. The molecule has 0 amide bonds. The van der Waals surface area contributed by atoms with Crippen LogP contribution in [0.15, 0.2) is 54.6 Å². The maximum Gasteiger partial charge on any atom is 0.168 e. The number of benzene rings is 2. The Hall–Kier alpha value is -1.93. The van der Waals surface area contributed by atoms with Gasteiger partial charge in [0.05, 0.1) is 0 Å². The van der Waals surface area contributed by atoms with Gasteiger partial charge in [0, 0.05) is 11.0 Å². The van der Waals surface area contributed by atoms with E-state index in [2.05, 4.69) is 24.4 Å². The van der Waals surface area contributed by atoms with Crippen LogP contribution < -0.4 is 5.32 Å². The molecule has 2 nitrogen and oxygen atoms in total. The zero-order valence-electron chi connectivity index (χ0n) is 12.4. The van der Waals surface area contributed by atoms with Crippen molar-refractivity contribution in [2.24, 2.45) is 5.41 Å². The van der Waals surface area contributed by atoms with E-state index >= 15 is 0 Å². The maximum atomic E-state index is 12.7. The molecule has 1 fully saturated rings. The molecule has 2 aromatic rings. The van der Waals surface area contributed by atoms with Crippen LogP contribution in [0.2, 0.25) is 0 Å². The molecular formula is C19H21NO. The van der Waals surface area contributed by atoms with Gasteiger partial charge in [-0.2, -0.15) is 0 Å². The molecule has 108 valence electrons. The summed E-state index contributed by atoms with van der Waals surface area (Å²) < 4.78 is 0. The molecule has 0 aliphatic carbocycles. The molecule has 1 saturated heterocycles. The van der Waals surface area contributed by atoms with E-state index < -0.39 is 0 Å². The lowest BCUT2D eigenvalue weighted by Crippen LogP contribution is -2.40. The van der Waals surface area contributed by atoms with Crippen LogP contribution in [0, 0.1) is 5.41 Å². The van der Waals surface area contributed by atoms with E-state index in [9.17, 15) is 4.79 Å². The summed E-state index contributed by atoms with van der Waals surface area (Å²) in [5.74, 6) is 0.281. The van der Waals surface area contributed by atoms with Crippen LogP contribution in [0.25, 0.3) is 11.1 Å². The summed E-state index contributed by atoms with van der Waals surface area (Å²) in [5, 5.41) is 3.32. The van der Waals surface area contributed by atoms with Crippen LogP contribution in [-0.4, -0.2) is 18.9 Å². The molecule has 0 unspecified atom stereocenters. The van der Waals surface area contributed by atoms with Crippen LogP contribution >= 0.6 is 0 Å². The fourth-order valence-corrected chi connectivity index (χ4v) is 3.00. The summed E-state index contributed by atoms with van der Waals surface area (Å²) in [7, 11) is 0. The van der Waals surface area contributed by atoms with Crippen molar-refractivity contribution in [1.82, 2.24) is 5.32 Å². The summed E-state index contributed by atoms with van der Waals surface area (Å²) in [6, 6.07) is 18.3. The molecule has 3 rings (SSSR count). The number of carbonyl (C=O) groups is 1. The van der Waals surface area contributed by atoms with Gasteiger partial charge in [-0.1, -0.05) is 61.5 Å². The van der Waals surface area contributed by atoms with Gasteiger partial charge < -0.3 is 5.32 Å². The molecule has 0 saturated carbocycles. The lowest BCUT2D eigenvalue weighted by Gasteiger charge is -2.32. The second-order valence-corrected chi connectivity index (χ2v) is 6.08. The first-order chi connectivity index (χ1) is 10.2. The van der Waals surface area contributed by atoms with Gasteiger partial charge in [-0.15, -0.1) is 0 Å². The molecule has 1 heterocycles. The van der Waals surface area contributed by atoms with Crippen LogP contribution in [0.3, 0.4) is 0 Å². The highest BCUT2D eigenvalue weighted by Gasteiger charge is 2.34. The molecule has 0 aromatic heterocycles. The normalized spacial score (nSPS) is 17.4. The minimum Gasteiger partial charge on any atom is -0.317 e. The largest absolute Gasteiger partial charge is 0.317 e. The van der Waals surface area contributed by atoms with Crippen molar-refractivity contribution in [3.63, 3.8) is 0 Å². The van der Waals surface area contributed by atoms with Gasteiger partial charge in [0.15, 0.2) is 5.78 Å². The molecule has 0 bridgehead atoms. The molecule has 1 N–H and O–H groups in total. The predicted octanol–water partition coefficient (Wildman–Crippen LogP) is 3.93. The minimum absolute atomic E-state index is 0.209. The SMILES string of the molecule is CC1(C(=O)c2ccc(-c3ccccc3)cc2)CCNCC1. The molecule has 2 heteroatoms. The van der Waals surface area contributed by atoms with Gasteiger partial charge in [0.25, 0.3) is 0 Å². The Morgan fingerprint density at radius 1 is 0.905 bits per heavy atom. The Kier molecular flexibility index (Phi) is 3.89. The van der Waals surface area contributed by atoms with Gasteiger partial charge in [0.1, 0.15) is 0 Å². The van der Waals surface area contributed by atoms with E-state index in [0.717, 1.165) is 37.1 Å². The fraction of sp³-hybridized carbons (Fsp3) is 0.316. The number of piperidine rings is 1. The molecule has 1 aliphatic heterocycles. The number of hydrogen-bond donors (Lipinski definition) is 1. The lowest BCUT2D eigenvalue weighted by atomic mass is 9.75. The van der Waals surface area contributed by atoms with Crippen molar-refractivity contribution in [2.75, 3.05) is 13.1 Å². The zero-order valence-corrected chi connectivity index (χ0v) is 12.4. The van der Waals surface area contributed by atoms with E-state index in [-0.39, 0.29) is 11.2 Å². The van der Waals surface area contributed by atoms with Gasteiger partial charge in [0.2, 0.25) is 0 Å². The highest BCUT2D eigenvalue weighted by molar-refractivity contribution is 6.00.